The number of rotatable bonds is 1. The predicted molar refractivity (Wildman–Crippen MR) is 49.9 cm³/mol. The Kier molecular flexibility index (Phi) is 1.90. The van der Waals surface area contributed by atoms with Crippen molar-refractivity contribution in [2.24, 2.45) is 5.73 Å². The second kappa shape index (κ2) is 3.06. The van der Waals surface area contributed by atoms with Crippen molar-refractivity contribution in [2.75, 3.05) is 0 Å². The van der Waals surface area contributed by atoms with E-state index in [9.17, 15) is 0 Å². The van der Waals surface area contributed by atoms with E-state index in [2.05, 4.69) is 15.0 Å². The van der Waals surface area contributed by atoms with Gasteiger partial charge in [-0.15, -0.1) is 0 Å². The third-order valence-corrected chi connectivity index (χ3v) is 1.82. The summed E-state index contributed by atoms with van der Waals surface area (Å²) in [7, 11) is 0. The van der Waals surface area contributed by atoms with E-state index in [1.807, 2.05) is 19.1 Å². The van der Waals surface area contributed by atoms with Gasteiger partial charge in [0.25, 0.3) is 0 Å². The van der Waals surface area contributed by atoms with Gasteiger partial charge in [0.15, 0.2) is 5.65 Å². The number of nitrogens with zero attached hydrogens (tertiary/aromatic N) is 3. The van der Waals surface area contributed by atoms with Crippen molar-refractivity contribution in [2.45, 2.75) is 13.0 Å². The maximum Gasteiger partial charge on any atom is 0.178 e. The second-order valence-corrected chi connectivity index (χ2v) is 2.92. The Labute approximate surface area is 75.8 Å². The van der Waals surface area contributed by atoms with Gasteiger partial charge in [0.05, 0.1) is 5.69 Å². The summed E-state index contributed by atoms with van der Waals surface area (Å²) in [6, 6.07) is 3.70. The first-order valence-electron chi connectivity index (χ1n) is 4.10. The first-order valence-corrected chi connectivity index (χ1v) is 4.10. The minimum atomic E-state index is -0.0635. The van der Waals surface area contributed by atoms with E-state index in [1.54, 1.807) is 12.4 Å². The van der Waals surface area contributed by atoms with Gasteiger partial charge in [-0.25, -0.2) is 9.97 Å². The summed E-state index contributed by atoms with van der Waals surface area (Å²) >= 11 is 0. The Morgan fingerprint density at radius 3 is 2.77 bits per heavy atom. The number of nitrogens with two attached hydrogens (primary N) is 1. The molecule has 4 nitrogen and oxygen atoms in total. The molecule has 0 fully saturated rings. The lowest BCUT2D eigenvalue weighted by molar-refractivity contribution is 0.785. The van der Waals surface area contributed by atoms with E-state index < -0.39 is 0 Å². The van der Waals surface area contributed by atoms with Gasteiger partial charge in [0.1, 0.15) is 5.52 Å². The molecule has 0 spiro atoms. The van der Waals surface area contributed by atoms with E-state index in [4.69, 9.17) is 5.73 Å². The van der Waals surface area contributed by atoms with E-state index in [0.717, 1.165) is 11.2 Å². The molecule has 1 atom stereocenters. The van der Waals surface area contributed by atoms with Crippen molar-refractivity contribution in [3.63, 3.8) is 0 Å². The molecule has 0 aliphatic carbocycles. The topological polar surface area (TPSA) is 64.7 Å². The molecule has 2 N–H and O–H groups in total. The van der Waals surface area contributed by atoms with Crippen LogP contribution < -0.4 is 5.73 Å². The zero-order chi connectivity index (χ0) is 9.26. The molecule has 1 unspecified atom stereocenters. The minimum Gasteiger partial charge on any atom is -0.323 e. The van der Waals surface area contributed by atoms with Crippen LogP contribution in [0.15, 0.2) is 24.5 Å². The van der Waals surface area contributed by atoms with Crippen molar-refractivity contribution >= 4 is 11.2 Å². The number of fused-ring (bicyclic) bond motifs is 1. The summed E-state index contributed by atoms with van der Waals surface area (Å²) in [5, 5.41) is 0. The van der Waals surface area contributed by atoms with Crippen molar-refractivity contribution in [3.05, 3.63) is 30.2 Å². The molecule has 0 bridgehead atoms. The van der Waals surface area contributed by atoms with Gasteiger partial charge in [-0.2, -0.15) is 0 Å². The van der Waals surface area contributed by atoms with Gasteiger partial charge in [-0.3, -0.25) is 4.98 Å². The smallest absolute Gasteiger partial charge is 0.178 e. The first kappa shape index (κ1) is 8.07. The third-order valence-electron chi connectivity index (χ3n) is 1.82. The Morgan fingerprint density at radius 2 is 2.00 bits per heavy atom. The molecule has 2 rings (SSSR count). The van der Waals surface area contributed by atoms with Crippen molar-refractivity contribution in [1.82, 2.24) is 15.0 Å². The van der Waals surface area contributed by atoms with Crippen LogP contribution in [0.3, 0.4) is 0 Å². The summed E-state index contributed by atoms with van der Waals surface area (Å²) in [5.74, 6) is 0. The van der Waals surface area contributed by atoms with Crippen LogP contribution in [0, 0.1) is 0 Å². The van der Waals surface area contributed by atoms with Gasteiger partial charge in [-0.1, -0.05) is 0 Å². The molecule has 2 aromatic rings. The highest BCUT2D eigenvalue weighted by atomic mass is 14.9. The predicted octanol–water partition coefficient (Wildman–Crippen LogP) is 1.04. The quantitative estimate of drug-likeness (QED) is 0.701. The fourth-order valence-corrected chi connectivity index (χ4v) is 1.12. The highest BCUT2D eigenvalue weighted by molar-refractivity contribution is 5.68. The summed E-state index contributed by atoms with van der Waals surface area (Å²) in [5.41, 5.74) is 7.98. The summed E-state index contributed by atoms with van der Waals surface area (Å²) < 4.78 is 0. The number of hydrogen-bond donors (Lipinski definition) is 1. The standard InChI is InChI=1S/C9H10N4/c1-6(10)7-2-3-8-9(13-7)12-5-4-11-8/h2-6H,10H2,1H3. The zero-order valence-electron chi connectivity index (χ0n) is 7.31. The average Bonchev–Trinajstić information content (AvgIpc) is 2.17. The lowest BCUT2D eigenvalue weighted by Crippen LogP contribution is -2.07. The van der Waals surface area contributed by atoms with Crippen LogP contribution >= 0.6 is 0 Å². The molecule has 2 heterocycles. The summed E-state index contributed by atoms with van der Waals surface area (Å²) in [6.07, 6.45) is 3.27. The first-order chi connectivity index (χ1) is 6.27. The van der Waals surface area contributed by atoms with Gasteiger partial charge in [0.2, 0.25) is 0 Å². The molecule has 0 radical (unpaired) electrons. The molecule has 0 amide bonds. The van der Waals surface area contributed by atoms with Crippen LogP contribution in [0.4, 0.5) is 0 Å². The summed E-state index contributed by atoms with van der Waals surface area (Å²) in [4.78, 5) is 12.5. The zero-order valence-corrected chi connectivity index (χ0v) is 7.31. The molecule has 0 aromatic carbocycles. The Morgan fingerprint density at radius 1 is 1.23 bits per heavy atom. The molecule has 0 aliphatic rings. The van der Waals surface area contributed by atoms with Gasteiger partial charge < -0.3 is 5.73 Å². The van der Waals surface area contributed by atoms with Crippen LogP contribution in [-0.4, -0.2) is 15.0 Å². The molecule has 13 heavy (non-hydrogen) atoms. The number of aromatic nitrogens is 3. The monoisotopic (exact) mass is 174 g/mol. The minimum absolute atomic E-state index is 0.0635. The Hall–Kier alpha value is -1.55. The van der Waals surface area contributed by atoms with Crippen LogP contribution in [0.25, 0.3) is 11.2 Å². The third kappa shape index (κ3) is 1.48. The molecule has 0 saturated heterocycles. The van der Waals surface area contributed by atoms with E-state index in [-0.39, 0.29) is 6.04 Å². The largest absolute Gasteiger partial charge is 0.323 e. The molecule has 2 aromatic heterocycles. The molecular formula is C9H10N4. The fraction of sp³-hybridized carbons (Fsp3) is 0.222. The lowest BCUT2D eigenvalue weighted by atomic mass is 10.2. The van der Waals surface area contributed by atoms with Gasteiger partial charge in [-0.05, 0) is 19.1 Å². The maximum absolute atomic E-state index is 5.69. The number of pyridine rings is 1. The van der Waals surface area contributed by atoms with Crippen molar-refractivity contribution < 1.29 is 0 Å². The molecule has 66 valence electrons. The Bertz CT molecular complexity index is 425. The normalized spacial score (nSPS) is 13.1. The van der Waals surface area contributed by atoms with Crippen LogP contribution in [0.2, 0.25) is 0 Å². The lowest BCUT2D eigenvalue weighted by Gasteiger charge is -2.03. The van der Waals surface area contributed by atoms with E-state index in [1.165, 1.54) is 0 Å². The molecule has 0 saturated carbocycles. The highest BCUT2D eigenvalue weighted by Gasteiger charge is 2.02. The van der Waals surface area contributed by atoms with Gasteiger partial charge in [0, 0.05) is 18.4 Å². The van der Waals surface area contributed by atoms with Crippen LogP contribution in [0.5, 0.6) is 0 Å². The second-order valence-electron chi connectivity index (χ2n) is 2.92. The van der Waals surface area contributed by atoms with E-state index in [0.29, 0.717) is 5.65 Å². The molecular weight excluding hydrogens is 164 g/mol. The Balaban J connectivity index is 2.62. The van der Waals surface area contributed by atoms with E-state index >= 15 is 0 Å². The SMILES string of the molecule is CC(N)c1ccc2nccnc2n1. The summed E-state index contributed by atoms with van der Waals surface area (Å²) in [6.45, 7) is 1.89. The fourth-order valence-electron chi connectivity index (χ4n) is 1.12. The van der Waals surface area contributed by atoms with Gasteiger partial charge >= 0.3 is 0 Å². The number of hydrogen-bond acceptors (Lipinski definition) is 4. The van der Waals surface area contributed by atoms with Crippen LogP contribution in [-0.2, 0) is 0 Å². The van der Waals surface area contributed by atoms with Crippen molar-refractivity contribution in [3.8, 4) is 0 Å². The van der Waals surface area contributed by atoms with Crippen LogP contribution in [0.1, 0.15) is 18.7 Å². The molecule has 4 heteroatoms. The maximum atomic E-state index is 5.69. The highest BCUT2D eigenvalue weighted by Crippen LogP contribution is 2.10. The average molecular weight is 174 g/mol. The van der Waals surface area contributed by atoms with Crippen molar-refractivity contribution in [1.29, 1.82) is 0 Å². The molecule has 0 aliphatic heterocycles.